The van der Waals surface area contributed by atoms with E-state index in [1.54, 1.807) is 4.90 Å². The summed E-state index contributed by atoms with van der Waals surface area (Å²) in [4.78, 5) is 51.6. The molecule has 2 aliphatic rings. The van der Waals surface area contributed by atoms with Crippen molar-refractivity contribution in [2.24, 2.45) is 0 Å². The van der Waals surface area contributed by atoms with Gasteiger partial charge in [0.25, 0.3) is 5.91 Å². The molecule has 0 atom stereocenters. The summed E-state index contributed by atoms with van der Waals surface area (Å²) in [6.07, 6.45) is 2.09. The largest absolute Gasteiger partial charge is 0.345 e. The molecule has 1 aromatic carbocycles. The van der Waals surface area contributed by atoms with Gasteiger partial charge < -0.3 is 4.90 Å². The van der Waals surface area contributed by atoms with E-state index >= 15 is 0 Å². The van der Waals surface area contributed by atoms with Crippen LogP contribution in [0.4, 0.5) is 4.79 Å². The second-order valence-corrected chi connectivity index (χ2v) is 6.74. The lowest BCUT2D eigenvalue weighted by molar-refractivity contribution is -0.136. The number of hydrazine groups is 1. The van der Waals surface area contributed by atoms with E-state index in [-0.39, 0.29) is 24.3 Å². The minimum atomic E-state index is -0.885. The van der Waals surface area contributed by atoms with Crippen LogP contribution in [0.2, 0.25) is 0 Å². The number of benzene rings is 1. The Morgan fingerprint density at radius 2 is 1.78 bits per heavy atom. The van der Waals surface area contributed by atoms with Crippen LogP contribution in [0.1, 0.15) is 18.4 Å². The number of likely N-dealkylation sites (tertiary alicyclic amines) is 1. The third kappa shape index (κ3) is 3.30. The molecular formula is C19H22N4O4. The Morgan fingerprint density at radius 3 is 2.30 bits per heavy atom. The Hall–Kier alpha value is -3.16. The first-order valence-electron chi connectivity index (χ1n) is 8.75. The zero-order valence-electron chi connectivity index (χ0n) is 15.2. The zero-order chi connectivity index (χ0) is 19.6. The van der Waals surface area contributed by atoms with Crippen LogP contribution in [0.3, 0.4) is 0 Å². The van der Waals surface area contributed by atoms with Gasteiger partial charge >= 0.3 is 6.03 Å². The Labute approximate surface area is 157 Å². The summed E-state index contributed by atoms with van der Waals surface area (Å²) in [5, 5.41) is 1.04. The lowest BCUT2D eigenvalue weighted by atomic mass is 9.72. The average molecular weight is 370 g/mol. The molecule has 0 saturated carbocycles. The average Bonchev–Trinajstić information content (AvgIpc) is 2.94. The van der Waals surface area contributed by atoms with E-state index in [4.69, 9.17) is 0 Å². The van der Waals surface area contributed by atoms with Gasteiger partial charge in [-0.05, 0) is 24.5 Å². The van der Waals surface area contributed by atoms with Gasteiger partial charge in [-0.25, -0.2) is 9.80 Å². The molecule has 3 rings (SSSR count). The lowest BCUT2D eigenvalue weighted by Gasteiger charge is -2.41. The van der Waals surface area contributed by atoms with Crippen molar-refractivity contribution in [3.05, 3.63) is 48.6 Å². The second kappa shape index (κ2) is 7.22. The Bertz CT molecular complexity index is 784. The molecule has 0 aromatic heterocycles. The van der Waals surface area contributed by atoms with E-state index in [1.165, 1.54) is 13.1 Å². The maximum atomic E-state index is 13.2. The topological polar surface area (TPSA) is 90.0 Å². The maximum absolute atomic E-state index is 13.2. The van der Waals surface area contributed by atoms with E-state index < -0.39 is 11.4 Å². The van der Waals surface area contributed by atoms with Crippen LogP contribution >= 0.6 is 0 Å². The predicted octanol–water partition coefficient (Wildman–Crippen LogP) is 0.658. The van der Waals surface area contributed by atoms with Crippen molar-refractivity contribution in [2.75, 3.05) is 26.7 Å². The molecule has 0 unspecified atom stereocenters. The highest BCUT2D eigenvalue weighted by Crippen LogP contribution is 2.36. The molecule has 27 heavy (non-hydrogen) atoms. The summed E-state index contributed by atoms with van der Waals surface area (Å²) >= 11 is 0. The van der Waals surface area contributed by atoms with Crippen LogP contribution in [0.25, 0.3) is 0 Å². The van der Waals surface area contributed by atoms with E-state index in [0.717, 1.165) is 15.5 Å². The number of amides is 5. The summed E-state index contributed by atoms with van der Waals surface area (Å²) in [6, 6.07) is 8.74. The molecular weight excluding hydrogens is 348 g/mol. The van der Waals surface area contributed by atoms with Gasteiger partial charge in [0, 0.05) is 20.1 Å². The van der Waals surface area contributed by atoms with Gasteiger partial charge in [-0.3, -0.25) is 24.7 Å². The Kier molecular flexibility index (Phi) is 4.98. The van der Waals surface area contributed by atoms with Crippen LogP contribution in [0.5, 0.6) is 0 Å². The summed E-state index contributed by atoms with van der Waals surface area (Å²) in [6.45, 7) is 4.12. The number of nitrogens with zero attached hydrogens (tertiary/aromatic N) is 3. The quantitative estimate of drug-likeness (QED) is 0.623. The molecule has 1 N–H and O–H groups in total. The monoisotopic (exact) mass is 370 g/mol. The molecule has 2 fully saturated rings. The molecule has 0 radical (unpaired) electrons. The highest BCUT2D eigenvalue weighted by atomic mass is 16.2. The number of urea groups is 1. The zero-order valence-corrected chi connectivity index (χ0v) is 15.2. The molecule has 8 heteroatoms. The molecule has 8 nitrogen and oxygen atoms in total. The highest BCUT2D eigenvalue weighted by molar-refractivity contribution is 6.03. The fourth-order valence-electron chi connectivity index (χ4n) is 3.56. The predicted molar refractivity (Wildman–Crippen MR) is 97.1 cm³/mol. The molecule has 1 aromatic rings. The van der Waals surface area contributed by atoms with Crippen LogP contribution in [-0.2, 0) is 19.8 Å². The number of carbonyl (C=O) groups is 4. The number of rotatable bonds is 4. The van der Waals surface area contributed by atoms with Crippen molar-refractivity contribution in [1.29, 1.82) is 0 Å². The Morgan fingerprint density at radius 1 is 1.15 bits per heavy atom. The van der Waals surface area contributed by atoms with E-state index in [0.29, 0.717) is 25.9 Å². The van der Waals surface area contributed by atoms with Crippen molar-refractivity contribution in [1.82, 2.24) is 20.2 Å². The van der Waals surface area contributed by atoms with Crippen molar-refractivity contribution in [3.8, 4) is 0 Å². The number of piperidine rings is 1. The molecule has 0 bridgehead atoms. The first kappa shape index (κ1) is 18.6. The van der Waals surface area contributed by atoms with Crippen molar-refractivity contribution in [3.63, 3.8) is 0 Å². The van der Waals surface area contributed by atoms with Gasteiger partial charge in [-0.2, -0.15) is 0 Å². The van der Waals surface area contributed by atoms with E-state index in [2.05, 4.69) is 12.0 Å². The van der Waals surface area contributed by atoms with Gasteiger partial charge in [-0.15, -0.1) is 0 Å². The third-order valence-corrected chi connectivity index (χ3v) is 5.29. The molecule has 142 valence electrons. The fraction of sp³-hybridized carbons (Fsp3) is 0.368. The first-order chi connectivity index (χ1) is 12.9. The van der Waals surface area contributed by atoms with Crippen molar-refractivity contribution >= 4 is 23.8 Å². The fourth-order valence-corrected chi connectivity index (χ4v) is 3.56. The smallest absolute Gasteiger partial charge is 0.339 e. The summed E-state index contributed by atoms with van der Waals surface area (Å²) < 4.78 is 0. The van der Waals surface area contributed by atoms with Crippen molar-refractivity contribution < 1.29 is 19.2 Å². The minimum Gasteiger partial charge on any atom is -0.339 e. The van der Waals surface area contributed by atoms with Crippen LogP contribution in [0.15, 0.2) is 43.0 Å². The number of hydrogen-bond donors (Lipinski definition) is 1. The normalized spacial score (nSPS) is 19.2. The van der Waals surface area contributed by atoms with Gasteiger partial charge in [0.2, 0.25) is 11.8 Å². The minimum absolute atomic E-state index is 0.168. The molecule has 0 spiro atoms. The van der Waals surface area contributed by atoms with Gasteiger partial charge in [0.15, 0.2) is 0 Å². The second-order valence-electron chi connectivity index (χ2n) is 6.74. The van der Waals surface area contributed by atoms with E-state index in [1.807, 2.05) is 30.3 Å². The van der Waals surface area contributed by atoms with Gasteiger partial charge in [0.1, 0.15) is 6.54 Å². The SMILES string of the molecule is C=CC(=O)N1CCC(C(=O)NN2CC(=O)N(C)C2=O)(c2ccccc2)CC1. The van der Waals surface area contributed by atoms with Gasteiger partial charge in [-0.1, -0.05) is 36.9 Å². The summed E-state index contributed by atoms with van der Waals surface area (Å²) in [5.74, 6) is -0.893. The molecule has 2 saturated heterocycles. The molecule has 5 amide bonds. The number of likely N-dealkylation sites (N-methyl/N-ethyl adjacent to an activating group) is 1. The summed E-state index contributed by atoms with van der Waals surface area (Å²) in [7, 11) is 1.38. The number of nitrogens with one attached hydrogen (secondary N) is 1. The van der Waals surface area contributed by atoms with Gasteiger partial charge in [0.05, 0.1) is 5.41 Å². The molecule has 0 aliphatic carbocycles. The maximum Gasteiger partial charge on any atom is 0.345 e. The van der Waals surface area contributed by atoms with Crippen LogP contribution in [-0.4, -0.2) is 65.2 Å². The molecule has 2 aliphatic heterocycles. The highest BCUT2D eigenvalue weighted by Gasteiger charge is 2.45. The van der Waals surface area contributed by atoms with E-state index in [9.17, 15) is 19.2 Å². The number of hydrogen-bond acceptors (Lipinski definition) is 4. The third-order valence-electron chi connectivity index (χ3n) is 5.29. The van der Waals surface area contributed by atoms with Crippen LogP contribution < -0.4 is 5.43 Å². The van der Waals surface area contributed by atoms with Crippen molar-refractivity contribution in [2.45, 2.75) is 18.3 Å². The number of imide groups is 1. The standard InChI is InChI=1S/C19H22N4O4/c1-3-15(24)22-11-9-19(10-12-22,14-7-5-4-6-8-14)17(26)20-23-13-16(25)21(2)18(23)27/h3-8H,1,9-13H2,2H3,(H,20,26). The summed E-state index contributed by atoms with van der Waals surface area (Å²) in [5.41, 5.74) is 2.55. The first-order valence-corrected chi connectivity index (χ1v) is 8.75. The Balaban J connectivity index is 1.84. The number of carbonyl (C=O) groups excluding carboxylic acids is 4. The lowest BCUT2D eigenvalue weighted by Crippen LogP contribution is -2.56. The molecule has 2 heterocycles. The van der Waals surface area contributed by atoms with Crippen LogP contribution in [0, 0.1) is 0 Å².